The molecule has 2 fully saturated rings. The molecule has 0 radical (unpaired) electrons. The van der Waals surface area contributed by atoms with E-state index >= 15 is 0 Å². The molecule has 0 atom stereocenters. The Balaban J connectivity index is 1.01. The van der Waals surface area contributed by atoms with Crippen molar-refractivity contribution in [2.75, 3.05) is 9.80 Å². The lowest BCUT2D eigenvalue weighted by Gasteiger charge is -2.32. The van der Waals surface area contributed by atoms with Crippen molar-refractivity contribution in [1.82, 2.24) is 0 Å². The highest BCUT2D eigenvalue weighted by Gasteiger charge is 2.33. The van der Waals surface area contributed by atoms with Crippen LogP contribution in [0.15, 0.2) is 215 Å². The molecule has 0 unspecified atom stereocenters. The van der Waals surface area contributed by atoms with Crippen molar-refractivity contribution in [3.8, 4) is 22.3 Å². The van der Waals surface area contributed by atoms with E-state index in [0.29, 0.717) is 11.8 Å². The minimum absolute atomic E-state index is 0.0902. The summed E-state index contributed by atoms with van der Waals surface area (Å²) in [5, 5.41) is 12.4. The molecule has 4 nitrogen and oxygen atoms in total. The zero-order chi connectivity index (χ0) is 61.2. The molecule has 4 heteroatoms. The lowest BCUT2D eigenvalue weighted by molar-refractivity contribution is 0.590. The predicted molar refractivity (Wildman–Crippen MR) is 384 cm³/mol. The Morgan fingerprint density at radius 3 is 1.09 bits per heavy atom. The third-order valence-electron chi connectivity index (χ3n) is 20.8. The van der Waals surface area contributed by atoms with E-state index in [4.69, 9.17) is 8.83 Å². The van der Waals surface area contributed by atoms with E-state index in [-0.39, 0.29) is 10.8 Å². The fraction of sp³-hybridized carbons (Fsp3) is 0.256. The van der Waals surface area contributed by atoms with Gasteiger partial charge in [0.1, 0.15) is 11.2 Å². The van der Waals surface area contributed by atoms with Crippen molar-refractivity contribution >= 4 is 110 Å². The van der Waals surface area contributed by atoms with Crippen molar-refractivity contribution in [3.05, 3.63) is 240 Å². The van der Waals surface area contributed by atoms with Gasteiger partial charge in [-0.3, -0.25) is 0 Å². The van der Waals surface area contributed by atoms with Gasteiger partial charge in [0, 0.05) is 54.8 Å². The van der Waals surface area contributed by atoms with Crippen molar-refractivity contribution in [1.29, 1.82) is 0 Å². The molecule has 0 bridgehead atoms. The molecule has 0 saturated heterocycles. The van der Waals surface area contributed by atoms with Crippen LogP contribution in [-0.4, -0.2) is 0 Å². The number of rotatable bonds is 12. The number of fused-ring (bicyclic) bond motifs is 6. The Kier molecular flexibility index (Phi) is 13.6. The highest BCUT2D eigenvalue weighted by Crippen LogP contribution is 2.56. The smallest absolute Gasteiger partial charge is 0.159 e. The molecule has 16 rings (SSSR count). The molecule has 0 N–H and O–H groups in total. The van der Waals surface area contributed by atoms with Crippen LogP contribution in [0.4, 0.5) is 34.1 Å². The second-order valence-electron chi connectivity index (χ2n) is 28.2. The Bertz CT molecular complexity index is 4780. The van der Waals surface area contributed by atoms with E-state index in [0.717, 1.165) is 90.6 Å². The summed E-state index contributed by atoms with van der Waals surface area (Å²) in [6.45, 7) is 18.5. The highest BCUT2D eigenvalue weighted by molar-refractivity contribution is 6.30. The van der Waals surface area contributed by atoms with Gasteiger partial charge in [0.05, 0.1) is 22.7 Å². The van der Waals surface area contributed by atoms with E-state index in [2.05, 4.69) is 271 Å². The summed E-state index contributed by atoms with van der Waals surface area (Å²) in [5.74, 6) is 0.842. The Labute approximate surface area is 530 Å². The molecular weight excluding hydrogens is 1090 g/mol. The van der Waals surface area contributed by atoms with Gasteiger partial charge in [0.25, 0.3) is 0 Å². The second kappa shape index (κ2) is 21.8. The normalized spacial score (nSPS) is 14.5. The molecule has 2 aliphatic carbocycles. The lowest BCUT2D eigenvalue weighted by Crippen LogP contribution is -2.16. The van der Waals surface area contributed by atoms with Crippen molar-refractivity contribution in [3.63, 3.8) is 0 Å². The molecule has 2 saturated carbocycles. The largest absolute Gasteiger partial charge is 0.453 e. The van der Waals surface area contributed by atoms with Gasteiger partial charge in [0.15, 0.2) is 11.2 Å². The van der Waals surface area contributed by atoms with Crippen LogP contribution < -0.4 is 9.80 Å². The monoisotopic (exact) mass is 1170 g/mol. The predicted octanol–water partition coefficient (Wildman–Crippen LogP) is 25.7. The van der Waals surface area contributed by atoms with E-state index in [1.807, 2.05) is 0 Å². The average Bonchev–Trinajstić information content (AvgIpc) is 0.797. The maximum Gasteiger partial charge on any atom is 0.159 e. The summed E-state index contributed by atoms with van der Waals surface area (Å²) in [4.78, 5) is 5.17. The van der Waals surface area contributed by atoms with E-state index in [1.165, 1.54) is 140 Å². The molecule has 14 aromatic rings. The van der Waals surface area contributed by atoms with Crippen LogP contribution in [0.1, 0.15) is 152 Å². The van der Waals surface area contributed by atoms with Crippen LogP contribution in [0.2, 0.25) is 0 Å². The lowest BCUT2D eigenvalue weighted by atomic mass is 9.82. The summed E-state index contributed by atoms with van der Waals surface area (Å²) in [6, 6.07) is 78.7. The van der Waals surface area contributed by atoms with Crippen molar-refractivity contribution in [2.24, 2.45) is 0 Å². The molecule has 2 heterocycles. The number of hydrogen-bond acceptors (Lipinski definition) is 4. The van der Waals surface area contributed by atoms with Crippen LogP contribution >= 0.6 is 0 Å². The molecular formula is C86H80N2O2. The summed E-state index contributed by atoms with van der Waals surface area (Å²) < 4.78 is 15.0. The SMILES string of the molecule is CCc1ccccc1-c1cccc2c1oc1c(N(c3cccc(C(C)(C)C)c3)c3cc(C4CCCC4)c4ccc5c(N(c6cccc(C(C)(C)C)c6)c6cccc7c6oc6c(-c8ccccc8CC)cccc67)cc(C6CCCC6)c6ccc3c4c65)cccc12. The first kappa shape index (κ1) is 56.1. The first-order valence-electron chi connectivity index (χ1n) is 33.5. The van der Waals surface area contributed by atoms with E-state index in [1.54, 1.807) is 0 Å². The maximum absolute atomic E-state index is 7.51. The fourth-order valence-electron chi connectivity index (χ4n) is 16.1. The number of hydrogen-bond donors (Lipinski definition) is 0. The van der Waals surface area contributed by atoms with Crippen LogP contribution in [0.3, 0.4) is 0 Å². The van der Waals surface area contributed by atoms with Crippen LogP contribution in [-0.2, 0) is 23.7 Å². The number of benzene rings is 12. The molecule has 90 heavy (non-hydrogen) atoms. The van der Waals surface area contributed by atoms with Gasteiger partial charge in [0.2, 0.25) is 0 Å². The minimum Gasteiger partial charge on any atom is -0.453 e. The molecule has 0 amide bonds. The number of furan rings is 2. The number of nitrogens with zero attached hydrogens (tertiary/aromatic N) is 2. The molecule has 446 valence electrons. The van der Waals surface area contributed by atoms with Crippen LogP contribution in [0.25, 0.3) is 98.4 Å². The van der Waals surface area contributed by atoms with Crippen LogP contribution in [0.5, 0.6) is 0 Å². The zero-order valence-corrected chi connectivity index (χ0v) is 53.6. The van der Waals surface area contributed by atoms with Gasteiger partial charge in [-0.1, -0.05) is 239 Å². The first-order valence-corrected chi connectivity index (χ1v) is 33.5. The van der Waals surface area contributed by atoms with Gasteiger partial charge in [-0.25, -0.2) is 0 Å². The van der Waals surface area contributed by atoms with Crippen molar-refractivity contribution < 1.29 is 8.83 Å². The highest BCUT2D eigenvalue weighted by atomic mass is 16.3. The Morgan fingerprint density at radius 1 is 0.333 bits per heavy atom. The molecule has 2 aliphatic rings. The van der Waals surface area contributed by atoms with Gasteiger partial charge >= 0.3 is 0 Å². The quantitative estimate of drug-likeness (QED) is 0.114. The number of aryl methyl sites for hydroxylation is 2. The molecule has 0 spiro atoms. The third-order valence-corrected chi connectivity index (χ3v) is 20.8. The standard InChI is InChI=1S/C86H80N2O2/c1-9-53-25-15-17-35-61(53)65-37-21-39-67-69-41-23-43-75(83(69)89-81(65)67)87(59-33-19-31-57(49-59)85(3,4)5)77-51-73(55-27-11-12-28-55)63-46-48-72-78(52-74(56-29-13-14-30-56)64-45-47-71(77)79(63)80(64)72)88(60-34-20-32-58(50-60)86(6,7)8)76-44-24-42-70-68-40-22-38-66(82(68)90-84(70)76)62-36-18-16-26-54(62)10-2/h15-26,31-52,55-56H,9-14,27-30H2,1-8H3. The molecule has 12 aromatic carbocycles. The molecule has 0 aliphatic heterocycles. The van der Waals surface area contributed by atoms with Crippen LogP contribution in [0, 0.1) is 0 Å². The summed E-state index contributed by atoms with van der Waals surface area (Å²) in [7, 11) is 0. The number of para-hydroxylation sites is 4. The van der Waals surface area contributed by atoms with E-state index in [9.17, 15) is 0 Å². The summed E-state index contributed by atoms with van der Waals surface area (Å²) in [6.07, 6.45) is 11.5. The van der Waals surface area contributed by atoms with Gasteiger partial charge in [-0.05, 0) is 176 Å². The Hall–Kier alpha value is -9.12. The van der Waals surface area contributed by atoms with Crippen molar-refractivity contribution in [2.45, 2.75) is 142 Å². The molecule has 2 aromatic heterocycles. The maximum atomic E-state index is 7.51. The fourth-order valence-corrected chi connectivity index (χ4v) is 16.1. The first-order chi connectivity index (χ1) is 43.8. The zero-order valence-electron chi connectivity index (χ0n) is 53.6. The second-order valence-corrected chi connectivity index (χ2v) is 28.2. The third kappa shape index (κ3) is 9.13. The number of anilines is 6. The minimum atomic E-state index is -0.0902. The summed E-state index contributed by atoms with van der Waals surface area (Å²) in [5.41, 5.74) is 23.0. The van der Waals surface area contributed by atoms with Gasteiger partial charge in [-0.2, -0.15) is 0 Å². The average molecular weight is 1170 g/mol. The summed E-state index contributed by atoms with van der Waals surface area (Å²) >= 11 is 0. The topological polar surface area (TPSA) is 32.8 Å². The van der Waals surface area contributed by atoms with E-state index < -0.39 is 0 Å². The van der Waals surface area contributed by atoms with Gasteiger partial charge < -0.3 is 18.6 Å². The van der Waals surface area contributed by atoms with Gasteiger partial charge in [-0.15, -0.1) is 0 Å². The Morgan fingerprint density at radius 2 is 0.689 bits per heavy atom.